The molecule has 0 aliphatic carbocycles. The smallest absolute Gasteiger partial charge is 0.375 e. The van der Waals surface area contributed by atoms with E-state index in [1.54, 1.807) is 12.1 Å². The second-order valence-corrected chi connectivity index (χ2v) is 8.02. The Kier molecular flexibility index (Phi) is 8.78. The van der Waals surface area contributed by atoms with Crippen molar-refractivity contribution in [2.24, 2.45) is 0 Å². The number of nitrogen functional groups attached to an aromatic ring is 1. The summed E-state index contributed by atoms with van der Waals surface area (Å²) in [7, 11) is 0. The minimum absolute atomic E-state index is 0. The molecule has 2 N–H and O–H groups in total. The summed E-state index contributed by atoms with van der Waals surface area (Å²) < 4.78 is 44.6. The Morgan fingerprint density at radius 3 is 2.63 bits per heavy atom. The van der Waals surface area contributed by atoms with Crippen molar-refractivity contribution in [3.05, 3.63) is 57.6 Å². The first-order valence-corrected chi connectivity index (χ1v) is 9.90. The molecule has 1 aromatic heterocycles. The van der Waals surface area contributed by atoms with Crippen molar-refractivity contribution in [3.8, 4) is 0 Å². The molecule has 10 heteroatoms. The zero-order valence-electron chi connectivity index (χ0n) is 15.8. The van der Waals surface area contributed by atoms with Gasteiger partial charge in [-0.25, -0.2) is 4.98 Å². The van der Waals surface area contributed by atoms with E-state index in [1.165, 1.54) is 0 Å². The number of aromatic nitrogens is 1. The van der Waals surface area contributed by atoms with E-state index in [2.05, 4.69) is 11.1 Å². The molecule has 158 valence electrons. The number of thiazole rings is 1. The maximum Gasteiger partial charge on any atom is 0.416 e. The van der Waals surface area contributed by atoms with E-state index < -0.39 is 11.7 Å². The number of alkyl halides is 3. The molecule has 1 saturated heterocycles. The normalized spacial score (nSPS) is 16.0. The van der Waals surface area contributed by atoms with Gasteiger partial charge in [0.25, 0.3) is 0 Å². The molecule has 0 saturated carbocycles. The summed E-state index contributed by atoms with van der Waals surface area (Å²) in [6.07, 6.45) is -2.39. The largest absolute Gasteiger partial charge is 0.416 e. The second-order valence-electron chi connectivity index (χ2n) is 6.52. The summed E-state index contributed by atoms with van der Waals surface area (Å²) in [5.41, 5.74) is 7.34. The summed E-state index contributed by atoms with van der Waals surface area (Å²) in [6.45, 7) is 2.42. The van der Waals surface area contributed by atoms with Gasteiger partial charge in [0.1, 0.15) is 0 Å². The van der Waals surface area contributed by atoms with Gasteiger partial charge in [-0.2, -0.15) is 13.2 Å². The minimum Gasteiger partial charge on any atom is -0.375 e. The predicted octanol–water partition coefficient (Wildman–Crippen LogP) is 6.01. The van der Waals surface area contributed by atoms with Gasteiger partial charge >= 0.3 is 6.18 Å². The third kappa shape index (κ3) is 6.21. The fraction of sp³-hybridized carbons (Fsp3) is 0.300. The van der Waals surface area contributed by atoms with Crippen LogP contribution in [0, 0.1) is 44.1 Å². The van der Waals surface area contributed by atoms with Crippen LogP contribution in [-0.2, 0) is 10.9 Å². The number of hydrogen-bond donors (Lipinski definition) is 1. The van der Waals surface area contributed by atoms with Crippen LogP contribution in [0.2, 0.25) is 5.02 Å². The molecule has 0 bridgehead atoms. The van der Waals surface area contributed by atoms with Gasteiger partial charge in [-0.3, -0.25) is 0 Å². The zero-order valence-corrected chi connectivity index (χ0v) is 21.6. The maximum absolute atomic E-state index is 12.9. The summed E-state index contributed by atoms with van der Waals surface area (Å²) in [4.78, 5) is 14.4. The number of nitrogens with zero attached hydrogens (tertiary/aromatic N) is 1. The number of ether oxygens (including phenoxy) is 1. The van der Waals surface area contributed by atoms with Gasteiger partial charge in [-0.15, -0.1) is 40.9 Å². The van der Waals surface area contributed by atoms with Crippen molar-refractivity contribution in [3.63, 3.8) is 0 Å². The van der Waals surface area contributed by atoms with Crippen molar-refractivity contribution in [2.75, 3.05) is 12.3 Å². The number of nitrogens with two attached hydrogens (primary N) is 1. The summed E-state index contributed by atoms with van der Waals surface area (Å²) in [6, 6.07) is 8.42. The van der Waals surface area contributed by atoms with Gasteiger partial charge in [0.15, 0.2) is 5.13 Å². The van der Waals surface area contributed by atoms with Crippen LogP contribution in [0.3, 0.4) is 0 Å². The molecule has 1 aliphatic heterocycles. The Morgan fingerprint density at radius 1 is 1.33 bits per heavy atom. The number of carbonyl (C=O) groups excluding carboxylic acids is 1. The Morgan fingerprint density at radius 2 is 2.07 bits per heavy atom. The number of anilines is 1. The van der Waals surface area contributed by atoms with Gasteiger partial charge < -0.3 is 15.3 Å². The number of halogens is 4. The number of fused-ring (bicyclic) bond motifs is 1. The molecule has 4 rings (SSSR count). The van der Waals surface area contributed by atoms with E-state index in [0.717, 1.165) is 41.7 Å². The van der Waals surface area contributed by atoms with E-state index in [0.29, 0.717) is 39.4 Å². The monoisotopic (exact) mass is 679 g/mol. The second kappa shape index (κ2) is 10.5. The Balaban J connectivity index is 0.000000249. The third-order valence-electron chi connectivity index (χ3n) is 4.26. The number of aldehydes is 1. The van der Waals surface area contributed by atoms with Crippen LogP contribution < -0.4 is 5.73 Å². The Labute approximate surface area is 204 Å². The van der Waals surface area contributed by atoms with E-state index >= 15 is 0 Å². The molecule has 1 aliphatic rings. The maximum atomic E-state index is 12.9. The Hall–Kier alpha value is -1.11. The predicted molar refractivity (Wildman–Crippen MR) is 107 cm³/mol. The van der Waals surface area contributed by atoms with Crippen LogP contribution in [0.5, 0.6) is 0 Å². The van der Waals surface area contributed by atoms with Gasteiger partial charge in [0.05, 0.1) is 28.2 Å². The van der Waals surface area contributed by atoms with Gasteiger partial charge in [-0.05, 0) is 30.0 Å². The van der Waals surface area contributed by atoms with Crippen LogP contribution in [-0.4, -0.2) is 17.9 Å². The van der Waals surface area contributed by atoms with E-state index in [9.17, 15) is 18.0 Å². The zero-order chi connectivity index (χ0) is 21.2. The average Bonchev–Trinajstić information content (AvgIpc) is 3.28. The molecule has 0 spiro atoms. The van der Waals surface area contributed by atoms with Crippen LogP contribution in [0.25, 0.3) is 10.2 Å². The van der Waals surface area contributed by atoms with E-state index in [-0.39, 0.29) is 42.3 Å². The summed E-state index contributed by atoms with van der Waals surface area (Å²) >= 11 is 6.72. The molecule has 0 radical (unpaired) electrons. The van der Waals surface area contributed by atoms with E-state index in [1.807, 2.05) is 6.92 Å². The molecule has 0 amide bonds. The van der Waals surface area contributed by atoms with Crippen LogP contribution in [0.4, 0.5) is 18.3 Å². The minimum atomic E-state index is -4.37. The fourth-order valence-electron chi connectivity index (χ4n) is 3.06. The molecule has 2 heterocycles. The first kappa shape index (κ1) is 25.2. The molecule has 1 unspecified atom stereocenters. The number of carbonyl (C=O) groups is 1. The molecule has 1 fully saturated rings. The molecule has 3 aromatic rings. The SMILES string of the molecule is Cc1[c-]c(C=O)cc(Cl)c1.Nc1nc2c(C3CCCO3)cc(C(F)(F)F)cc2s1.[U]. The molecular weight excluding hydrogens is 663 g/mol. The van der Waals surface area contributed by atoms with Gasteiger partial charge in [0, 0.05) is 43.3 Å². The Bertz CT molecular complexity index is 1020. The topological polar surface area (TPSA) is 65.2 Å². The first-order chi connectivity index (χ1) is 13.7. The average molecular weight is 680 g/mol. The van der Waals surface area contributed by atoms with Crippen molar-refractivity contribution >= 4 is 44.6 Å². The van der Waals surface area contributed by atoms with Gasteiger partial charge in [0.2, 0.25) is 0 Å². The molecule has 30 heavy (non-hydrogen) atoms. The van der Waals surface area contributed by atoms with E-state index in [4.69, 9.17) is 22.1 Å². The van der Waals surface area contributed by atoms with Crippen molar-refractivity contribution in [2.45, 2.75) is 32.0 Å². The summed E-state index contributed by atoms with van der Waals surface area (Å²) in [5, 5.41) is 0.854. The molecule has 4 nitrogen and oxygen atoms in total. The number of aryl methyl sites for hydroxylation is 1. The number of hydrogen-bond acceptors (Lipinski definition) is 5. The standard InChI is InChI=1S/C12H11F3N2OS.C8H6ClO.U/c13-12(14,15)6-4-7(8-2-1-3-18-8)10-9(5-6)19-11(16)17-10;1-6-2-7(5-10)4-8(9)3-6;/h4-5,8H,1-3H2,(H2,16,17);3-5H,1H3;/q;-1;. The summed E-state index contributed by atoms with van der Waals surface area (Å²) in [5.74, 6) is 0. The van der Waals surface area contributed by atoms with Crippen LogP contribution >= 0.6 is 22.9 Å². The number of rotatable bonds is 2. The molecule has 2 aromatic carbocycles. The third-order valence-corrected chi connectivity index (χ3v) is 5.31. The molecule has 1 atom stereocenters. The quantitative estimate of drug-likeness (QED) is 0.266. The fourth-order valence-corrected chi connectivity index (χ4v) is 4.15. The van der Waals surface area contributed by atoms with Crippen LogP contribution in [0.1, 0.15) is 46.0 Å². The van der Waals surface area contributed by atoms with Crippen molar-refractivity contribution < 1.29 is 53.8 Å². The van der Waals surface area contributed by atoms with Crippen LogP contribution in [0.15, 0.2) is 24.3 Å². The molecular formula is C20H17ClF3N2O2SU-. The van der Waals surface area contributed by atoms with Crippen molar-refractivity contribution in [1.82, 2.24) is 4.98 Å². The number of benzene rings is 2. The van der Waals surface area contributed by atoms with Crippen molar-refractivity contribution in [1.29, 1.82) is 0 Å². The van der Waals surface area contributed by atoms with Gasteiger partial charge in [-0.1, -0.05) is 18.3 Å². The first-order valence-electron chi connectivity index (χ1n) is 8.71.